The summed E-state index contributed by atoms with van der Waals surface area (Å²) in [4.78, 5) is 24.5. The van der Waals surface area contributed by atoms with Gasteiger partial charge in [-0.25, -0.2) is 9.59 Å². The number of aliphatic carboxylic acids is 1. The first-order valence-electron chi connectivity index (χ1n) is 6.33. The molecule has 6 nitrogen and oxygen atoms in total. The fraction of sp³-hybridized carbons (Fsp3) is 0.833. The van der Waals surface area contributed by atoms with Gasteiger partial charge >= 0.3 is 12.0 Å². The Kier molecular flexibility index (Phi) is 9.00. The Morgan fingerprint density at radius 1 is 1.39 bits per heavy atom. The minimum atomic E-state index is -1.04. The molecule has 0 aliphatic rings. The first-order chi connectivity index (χ1) is 8.56. The van der Waals surface area contributed by atoms with Crippen LogP contribution in [0.2, 0.25) is 0 Å². The van der Waals surface area contributed by atoms with Gasteiger partial charge in [0.05, 0.1) is 0 Å². The third-order valence-corrected chi connectivity index (χ3v) is 2.66. The van der Waals surface area contributed by atoms with Crippen molar-refractivity contribution < 1.29 is 19.4 Å². The Morgan fingerprint density at radius 3 is 2.50 bits per heavy atom. The summed E-state index contributed by atoms with van der Waals surface area (Å²) in [5.74, 6) is -1.04. The summed E-state index contributed by atoms with van der Waals surface area (Å²) >= 11 is 0. The monoisotopic (exact) mass is 260 g/mol. The van der Waals surface area contributed by atoms with Crippen molar-refractivity contribution in [2.24, 2.45) is 0 Å². The number of nitrogens with zero attached hydrogens (tertiary/aromatic N) is 1. The molecule has 0 saturated heterocycles. The molecule has 0 rings (SSSR count). The van der Waals surface area contributed by atoms with E-state index in [-0.39, 0.29) is 12.5 Å². The molecule has 0 radical (unpaired) electrons. The molecule has 0 aromatic carbocycles. The maximum Gasteiger partial charge on any atom is 0.326 e. The molecule has 1 atom stereocenters. The lowest BCUT2D eigenvalue weighted by Crippen LogP contribution is -2.48. The van der Waals surface area contributed by atoms with Gasteiger partial charge in [0, 0.05) is 33.2 Å². The number of ether oxygens (including phenoxy) is 1. The third-order valence-electron chi connectivity index (χ3n) is 2.66. The number of nitrogens with one attached hydrogen (secondary N) is 1. The summed E-state index contributed by atoms with van der Waals surface area (Å²) in [7, 11) is 1.50. The third kappa shape index (κ3) is 6.44. The molecule has 0 fully saturated rings. The summed E-state index contributed by atoms with van der Waals surface area (Å²) in [6.45, 7) is 5.45. The second-order valence-electron chi connectivity index (χ2n) is 4.06. The minimum Gasteiger partial charge on any atom is -0.480 e. The first-order valence-corrected chi connectivity index (χ1v) is 6.33. The van der Waals surface area contributed by atoms with E-state index >= 15 is 0 Å². The predicted octanol–water partition coefficient (Wildman–Crippen LogP) is 1.31. The number of hydrogen-bond donors (Lipinski definition) is 2. The molecule has 0 aromatic heterocycles. The van der Waals surface area contributed by atoms with Crippen LogP contribution >= 0.6 is 0 Å². The number of carboxylic acid groups (broad SMARTS) is 1. The molecule has 2 N–H and O–H groups in total. The van der Waals surface area contributed by atoms with Gasteiger partial charge in [0.25, 0.3) is 0 Å². The molecule has 0 heterocycles. The van der Waals surface area contributed by atoms with Crippen molar-refractivity contribution >= 4 is 12.0 Å². The highest BCUT2D eigenvalue weighted by Gasteiger charge is 2.21. The van der Waals surface area contributed by atoms with Gasteiger partial charge in [-0.15, -0.1) is 0 Å². The molecule has 0 aliphatic carbocycles. The molecular formula is C12H24N2O4. The van der Waals surface area contributed by atoms with Crippen molar-refractivity contribution in [2.45, 2.75) is 39.2 Å². The Morgan fingerprint density at radius 2 is 2.06 bits per heavy atom. The normalized spacial score (nSPS) is 11.9. The quantitative estimate of drug-likeness (QED) is 0.655. The molecule has 2 amide bonds. The van der Waals surface area contributed by atoms with Crippen LogP contribution in [0, 0.1) is 0 Å². The summed E-state index contributed by atoms with van der Waals surface area (Å²) in [5.41, 5.74) is 0. The Hall–Kier alpha value is -1.30. The van der Waals surface area contributed by atoms with E-state index in [4.69, 9.17) is 9.84 Å². The number of carbonyl (C=O) groups excluding carboxylic acids is 1. The lowest BCUT2D eigenvalue weighted by atomic mass is 10.2. The van der Waals surface area contributed by atoms with Crippen LogP contribution in [0.4, 0.5) is 4.79 Å². The summed E-state index contributed by atoms with van der Waals surface area (Å²) < 4.78 is 4.83. The second kappa shape index (κ2) is 9.70. The van der Waals surface area contributed by atoms with E-state index in [1.54, 1.807) is 4.90 Å². The molecule has 18 heavy (non-hydrogen) atoms. The molecule has 0 aromatic rings. The van der Waals surface area contributed by atoms with Gasteiger partial charge in [0.15, 0.2) is 0 Å². The molecule has 0 aliphatic heterocycles. The Bertz CT molecular complexity index is 258. The maximum absolute atomic E-state index is 11.9. The summed E-state index contributed by atoms with van der Waals surface area (Å²) in [5, 5.41) is 11.5. The van der Waals surface area contributed by atoms with E-state index in [0.717, 1.165) is 12.8 Å². The molecule has 106 valence electrons. The highest BCUT2D eigenvalue weighted by Crippen LogP contribution is 1.99. The number of amides is 2. The lowest BCUT2D eigenvalue weighted by Gasteiger charge is -2.23. The highest BCUT2D eigenvalue weighted by atomic mass is 16.5. The smallest absolute Gasteiger partial charge is 0.326 e. The van der Waals surface area contributed by atoms with E-state index in [1.165, 1.54) is 7.11 Å². The van der Waals surface area contributed by atoms with Crippen molar-refractivity contribution in [1.29, 1.82) is 0 Å². The fourth-order valence-corrected chi connectivity index (χ4v) is 1.49. The van der Waals surface area contributed by atoms with Crippen molar-refractivity contribution in [3.63, 3.8) is 0 Å². The average Bonchev–Trinajstić information content (AvgIpc) is 2.34. The first kappa shape index (κ1) is 16.7. The summed E-state index contributed by atoms with van der Waals surface area (Å²) in [6, 6.07) is -1.22. The number of rotatable bonds is 9. The highest BCUT2D eigenvalue weighted by molar-refractivity contribution is 5.82. The predicted molar refractivity (Wildman–Crippen MR) is 68.6 cm³/mol. The zero-order valence-electron chi connectivity index (χ0n) is 11.4. The van der Waals surface area contributed by atoms with Crippen LogP contribution in [0.1, 0.15) is 33.1 Å². The zero-order valence-corrected chi connectivity index (χ0v) is 11.4. The van der Waals surface area contributed by atoms with Crippen molar-refractivity contribution in [2.75, 3.05) is 26.8 Å². The van der Waals surface area contributed by atoms with Crippen LogP contribution in [0.25, 0.3) is 0 Å². The lowest BCUT2D eigenvalue weighted by molar-refractivity contribution is -0.139. The van der Waals surface area contributed by atoms with E-state index < -0.39 is 12.0 Å². The topological polar surface area (TPSA) is 78.9 Å². The van der Waals surface area contributed by atoms with Crippen LogP contribution in [0.3, 0.4) is 0 Å². The van der Waals surface area contributed by atoms with Crippen LogP contribution < -0.4 is 5.32 Å². The van der Waals surface area contributed by atoms with Crippen molar-refractivity contribution in [3.8, 4) is 0 Å². The van der Waals surface area contributed by atoms with Gasteiger partial charge < -0.3 is 20.1 Å². The molecule has 0 saturated carbocycles. The molecule has 1 unspecified atom stereocenters. The van der Waals surface area contributed by atoms with Gasteiger partial charge in [0.1, 0.15) is 6.04 Å². The average molecular weight is 260 g/mol. The number of unbranched alkanes of at least 4 members (excludes halogenated alkanes) is 1. The van der Waals surface area contributed by atoms with E-state index in [9.17, 15) is 9.59 Å². The van der Waals surface area contributed by atoms with Gasteiger partial charge in [-0.1, -0.05) is 13.3 Å². The van der Waals surface area contributed by atoms with Crippen LogP contribution in [0.15, 0.2) is 0 Å². The number of methoxy groups -OCH3 is 1. The fourth-order valence-electron chi connectivity index (χ4n) is 1.49. The molecular weight excluding hydrogens is 236 g/mol. The molecule has 0 spiro atoms. The van der Waals surface area contributed by atoms with E-state index in [0.29, 0.717) is 19.7 Å². The van der Waals surface area contributed by atoms with Crippen molar-refractivity contribution in [3.05, 3.63) is 0 Å². The van der Waals surface area contributed by atoms with Gasteiger partial charge in [-0.2, -0.15) is 0 Å². The number of carboxylic acids is 1. The second-order valence-corrected chi connectivity index (χ2v) is 4.06. The molecule has 0 bridgehead atoms. The largest absolute Gasteiger partial charge is 0.480 e. The standard InChI is InChI=1S/C12H24N2O4/c1-4-6-8-14(5-2)12(17)13-10(11(15)16)7-9-18-3/h10H,4-9H2,1-3H3,(H,13,17)(H,15,16). The van der Waals surface area contributed by atoms with Gasteiger partial charge in [0.2, 0.25) is 0 Å². The zero-order chi connectivity index (χ0) is 14.0. The van der Waals surface area contributed by atoms with E-state index in [2.05, 4.69) is 5.32 Å². The van der Waals surface area contributed by atoms with Crippen LogP contribution in [0.5, 0.6) is 0 Å². The number of carbonyl (C=O) groups is 2. The minimum absolute atomic E-state index is 0.267. The van der Waals surface area contributed by atoms with Gasteiger partial charge in [-0.3, -0.25) is 0 Å². The number of hydrogen-bond acceptors (Lipinski definition) is 3. The Labute approximate surface area is 108 Å². The summed E-state index contributed by atoms with van der Waals surface area (Å²) in [6.07, 6.45) is 2.18. The number of urea groups is 1. The SMILES string of the molecule is CCCCN(CC)C(=O)NC(CCOC)C(=O)O. The van der Waals surface area contributed by atoms with Crippen LogP contribution in [-0.2, 0) is 9.53 Å². The maximum atomic E-state index is 11.9. The van der Waals surface area contributed by atoms with Crippen molar-refractivity contribution in [1.82, 2.24) is 10.2 Å². The molecule has 6 heteroatoms. The Balaban J connectivity index is 4.32. The van der Waals surface area contributed by atoms with Gasteiger partial charge in [-0.05, 0) is 13.3 Å². The van der Waals surface area contributed by atoms with E-state index in [1.807, 2.05) is 13.8 Å². The van der Waals surface area contributed by atoms with Crippen LogP contribution in [-0.4, -0.2) is 54.9 Å².